The van der Waals surface area contributed by atoms with Gasteiger partial charge in [-0.25, -0.2) is 0 Å². The fourth-order valence-electron chi connectivity index (χ4n) is 1.64. The standard InChI is InChI=1S/C11H17NO/c1-8-5-10(8)6-12-7-11-4-3-9(2)13-11/h3-4,8,10,12H,5-7H2,1-2H3. The molecule has 0 bridgehead atoms. The summed E-state index contributed by atoms with van der Waals surface area (Å²) in [6.45, 7) is 6.30. The Labute approximate surface area is 79.3 Å². The lowest BCUT2D eigenvalue weighted by molar-refractivity contribution is 0.457. The minimum atomic E-state index is 0.872. The summed E-state index contributed by atoms with van der Waals surface area (Å²) in [5, 5.41) is 3.41. The first-order valence-corrected chi connectivity index (χ1v) is 5.02. The van der Waals surface area contributed by atoms with Crippen LogP contribution >= 0.6 is 0 Å². The molecular weight excluding hydrogens is 162 g/mol. The molecule has 0 aromatic carbocycles. The van der Waals surface area contributed by atoms with E-state index in [1.54, 1.807) is 0 Å². The Bertz CT molecular complexity index is 279. The zero-order valence-corrected chi connectivity index (χ0v) is 8.34. The molecule has 72 valence electrons. The Morgan fingerprint density at radius 1 is 1.54 bits per heavy atom. The third-order valence-electron chi connectivity index (χ3n) is 2.78. The zero-order chi connectivity index (χ0) is 9.26. The third kappa shape index (κ3) is 2.34. The van der Waals surface area contributed by atoms with Crippen LogP contribution in [0.15, 0.2) is 16.5 Å². The molecule has 0 spiro atoms. The molecule has 2 rings (SSSR count). The van der Waals surface area contributed by atoms with Crippen molar-refractivity contribution >= 4 is 0 Å². The van der Waals surface area contributed by atoms with E-state index in [-0.39, 0.29) is 0 Å². The van der Waals surface area contributed by atoms with Crippen molar-refractivity contribution in [1.82, 2.24) is 5.32 Å². The van der Waals surface area contributed by atoms with Gasteiger partial charge < -0.3 is 9.73 Å². The molecule has 2 heteroatoms. The summed E-state index contributed by atoms with van der Waals surface area (Å²) in [5.41, 5.74) is 0. The van der Waals surface area contributed by atoms with Crippen molar-refractivity contribution in [2.45, 2.75) is 26.8 Å². The number of hydrogen-bond donors (Lipinski definition) is 1. The summed E-state index contributed by atoms with van der Waals surface area (Å²) >= 11 is 0. The molecule has 1 aliphatic carbocycles. The van der Waals surface area contributed by atoms with Crippen LogP contribution in [0.4, 0.5) is 0 Å². The lowest BCUT2D eigenvalue weighted by Crippen LogP contribution is -2.16. The zero-order valence-electron chi connectivity index (χ0n) is 8.34. The van der Waals surface area contributed by atoms with Crippen LogP contribution < -0.4 is 5.32 Å². The predicted octanol–water partition coefficient (Wildman–Crippen LogP) is 2.33. The van der Waals surface area contributed by atoms with E-state index in [2.05, 4.69) is 12.2 Å². The molecule has 1 aromatic rings. The molecule has 2 atom stereocenters. The van der Waals surface area contributed by atoms with Crippen LogP contribution in [0.5, 0.6) is 0 Å². The van der Waals surface area contributed by atoms with Crippen LogP contribution in [0.2, 0.25) is 0 Å². The molecule has 0 amide bonds. The molecule has 2 unspecified atom stereocenters. The van der Waals surface area contributed by atoms with E-state index in [4.69, 9.17) is 4.42 Å². The van der Waals surface area contributed by atoms with Gasteiger partial charge in [0.1, 0.15) is 11.5 Å². The van der Waals surface area contributed by atoms with E-state index in [0.29, 0.717) is 0 Å². The first-order chi connectivity index (χ1) is 6.25. The van der Waals surface area contributed by atoms with Crippen molar-refractivity contribution in [3.05, 3.63) is 23.7 Å². The highest BCUT2D eigenvalue weighted by Crippen LogP contribution is 2.36. The van der Waals surface area contributed by atoms with Gasteiger partial charge in [-0.05, 0) is 43.9 Å². The van der Waals surface area contributed by atoms with E-state index in [9.17, 15) is 0 Å². The highest BCUT2D eigenvalue weighted by atomic mass is 16.3. The number of hydrogen-bond acceptors (Lipinski definition) is 2. The van der Waals surface area contributed by atoms with Gasteiger partial charge in [-0.2, -0.15) is 0 Å². The first-order valence-electron chi connectivity index (χ1n) is 5.02. The quantitative estimate of drug-likeness (QED) is 0.767. The molecule has 13 heavy (non-hydrogen) atoms. The van der Waals surface area contributed by atoms with E-state index < -0.39 is 0 Å². The topological polar surface area (TPSA) is 25.2 Å². The normalized spacial score (nSPS) is 26.3. The Morgan fingerprint density at radius 2 is 2.31 bits per heavy atom. The van der Waals surface area contributed by atoms with E-state index in [1.165, 1.54) is 6.42 Å². The van der Waals surface area contributed by atoms with Gasteiger partial charge in [-0.15, -0.1) is 0 Å². The predicted molar refractivity (Wildman–Crippen MR) is 52.4 cm³/mol. The molecule has 0 radical (unpaired) electrons. The van der Waals surface area contributed by atoms with Crippen LogP contribution in [-0.4, -0.2) is 6.54 Å². The summed E-state index contributed by atoms with van der Waals surface area (Å²) in [4.78, 5) is 0. The summed E-state index contributed by atoms with van der Waals surface area (Å²) in [6.07, 6.45) is 1.39. The summed E-state index contributed by atoms with van der Waals surface area (Å²) in [7, 11) is 0. The fourth-order valence-corrected chi connectivity index (χ4v) is 1.64. The maximum Gasteiger partial charge on any atom is 0.117 e. The van der Waals surface area contributed by atoms with E-state index in [1.807, 2.05) is 19.1 Å². The second-order valence-electron chi connectivity index (χ2n) is 4.12. The van der Waals surface area contributed by atoms with Gasteiger partial charge in [0.15, 0.2) is 0 Å². The average Bonchev–Trinajstić information content (AvgIpc) is 2.60. The maximum absolute atomic E-state index is 5.45. The number of furan rings is 1. The van der Waals surface area contributed by atoms with Gasteiger partial charge in [0.2, 0.25) is 0 Å². The minimum Gasteiger partial charge on any atom is -0.465 e. The number of rotatable bonds is 4. The largest absolute Gasteiger partial charge is 0.465 e. The first kappa shape index (κ1) is 8.82. The van der Waals surface area contributed by atoms with Crippen LogP contribution in [-0.2, 0) is 6.54 Å². The molecule has 1 aromatic heterocycles. The number of nitrogens with one attached hydrogen (secondary N) is 1. The van der Waals surface area contributed by atoms with Crippen molar-refractivity contribution in [2.24, 2.45) is 11.8 Å². The van der Waals surface area contributed by atoms with Crippen LogP contribution in [0.1, 0.15) is 24.9 Å². The highest BCUT2D eigenvalue weighted by molar-refractivity contribution is 5.05. The molecule has 0 saturated heterocycles. The molecular formula is C11H17NO. The molecule has 1 saturated carbocycles. The second kappa shape index (κ2) is 3.54. The lowest BCUT2D eigenvalue weighted by Gasteiger charge is -2.00. The Kier molecular flexibility index (Phi) is 2.40. The molecule has 1 aliphatic rings. The smallest absolute Gasteiger partial charge is 0.117 e. The van der Waals surface area contributed by atoms with Crippen LogP contribution in [0.25, 0.3) is 0 Å². The van der Waals surface area contributed by atoms with Gasteiger partial charge >= 0.3 is 0 Å². The molecule has 1 fully saturated rings. The van der Waals surface area contributed by atoms with Gasteiger partial charge in [-0.1, -0.05) is 6.92 Å². The van der Waals surface area contributed by atoms with Crippen molar-refractivity contribution < 1.29 is 4.42 Å². The summed E-state index contributed by atoms with van der Waals surface area (Å²) in [5.74, 6) is 3.89. The molecule has 2 nitrogen and oxygen atoms in total. The van der Waals surface area contributed by atoms with Crippen molar-refractivity contribution in [2.75, 3.05) is 6.54 Å². The van der Waals surface area contributed by atoms with Crippen LogP contribution in [0, 0.1) is 18.8 Å². The fraction of sp³-hybridized carbons (Fsp3) is 0.636. The summed E-state index contributed by atoms with van der Waals surface area (Å²) < 4.78 is 5.45. The molecule has 0 aliphatic heterocycles. The van der Waals surface area contributed by atoms with Crippen molar-refractivity contribution in [1.29, 1.82) is 0 Å². The Morgan fingerprint density at radius 3 is 2.85 bits per heavy atom. The highest BCUT2D eigenvalue weighted by Gasteiger charge is 2.31. The minimum absolute atomic E-state index is 0.872. The Balaban J connectivity index is 1.68. The van der Waals surface area contributed by atoms with E-state index >= 15 is 0 Å². The lowest BCUT2D eigenvalue weighted by atomic mass is 10.3. The van der Waals surface area contributed by atoms with E-state index in [0.717, 1.165) is 36.4 Å². The third-order valence-corrected chi connectivity index (χ3v) is 2.78. The molecule has 1 N–H and O–H groups in total. The van der Waals surface area contributed by atoms with Crippen molar-refractivity contribution in [3.63, 3.8) is 0 Å². The summed E-state index contributed by atoms with van der Waals surface area (Å²) in [6, 6.07) is 4.05. The van der Waals surface area contributed by atoms with Gasteiger partial charge in [0, 0.05) is 0 Å². The number of aryl methyl sites for hydroxylation is 1. The van der Waals surface area contributed by atoms with Crippen LogP contribution in [0.3, 0.4) is 0 Å². The molecule has 1 heterocycles. The Hall–Kier alpha value is -0.760. The van der Waals surface area contributed by atoms with Gasteiger partial charge in [-0.3, -0.25) is 0 Å². The maximum atomic E-state index is 5.45. The van der Waals surface area contributed by atoms with Gasteiger partial charge in [0.25, 0.3) is 0 Å². The monoisotopic (exact) mass is 179 g/mol. The average molecular weight is 179 g/mol. The SMILES string of the molecule is Cc1ccc(CNCC2CC2C)o1. The van der Waals surface area contributed by atoms with Gasteiger partial charge in [0.05, 0.1) is 6.54 Å². The second-order valence-corrected chi connectivity index (χ2v) is 4.12. The van der Waals surface area contributed by atoms with Crippen molar-refractivity contribution in [3.8, 4) is 0 Å².